The second kappa shape index (κ2) is 4.36. The van der Waals surface area contributed by atoms with Crippen molar-refractivity contribution in [1.29, 1.82) is 0 Å². The average Bonchev–Trinajstić information content (AvgIpc) is 2.18. The Morgan fingerprint density at radius 1 is 1.57 bits per heavy atom. The molecular weight excluding hydrogens is 186 g/mol. The number of aldehydes is 1. The number of non-ortho nitro benzene ring substituents is 1. The maximum Gasteiger partial charge on any atom is 0.273 e. The summed E-state index contributed by atoms with van der Waals surface area (Å²) in [5, 5.41) is 10.4. The van der Waals surface area contributed by atoms with Crippen molar-refractivity contribution < 1.29 is 14.5 Å². The Morgan fingerprint density at radius 3 is 2.79 bits per heavy atom. The van der Waals surface area contributed by atoms with Crippen LogP contribution in [0.25, 0.3) is 0 Å². The molecule has 5 heteroatoms. The van der Waals surface area contributed by atoms with Crippen molar-refractivity contribution in [2.24, 2.45) is 0 Å². The van der Waals surface area contributed by atoms with E-state index in [9.17, 15) is 14.9 Å². The molecule has 0 spiro atoms. The Balaban J connectivity index is 3.10. The number of nitrogens with zero attached hydrogens (tertiary/aromatic N) is 1. The molecular formula is C9H9NO4. The van der Waals surface area contributed by atoms with Crippen LogP contribution in [0.2, 0.25) is 0 Å². The summed E-state index contributed by atoms with van der Waals surface area (Å²) in [5.41, 5.74) is 0.601. The molecule has 1 rings (SSSR count). The van der Waals surface area contributed by atoms with Gasteiger partial charge >= 0.3 is 0 Å². The first-order chi connectivity index (χ1) is 6.69. The number of methoxy groups -OCH3 is 1. The van der Waals surface area contributed by atoms with Gasteiger partial charge in [-0.3, -0.25) is 10.1 Å². The van der Waals surface area contributed by atoms with Crippen LogP contribution in [0.5, 0.6) is 5.75 Å². The number of ether oxygens (including phenoxy) is 1. The molecule has 0 atom stereocenters. The molecule has 0 saturated heterocycles. The predicted octanol–water partition coefficient (Wildman–Crippen LogP) is 1.34. The van der Waals surface area contributed by atoms with Crippen LogP contribution in [-0.2, 0) is 11.2 Å². The summed E-state index contributed by atoms with van der Waals surface area (Å²) in [4.78, 5) is 20.2. The van der Waals surface area contributed by atoms with Gasteiger partial charge in [0.05, 0.1) is 18.1 Å². The summed E-state index contributed by atoms with van der Waals surface area (Å²) in [6.45, 7) is 0. The zero-order valence-corrected chi connectivity index (χ0v) is 7.60. The molecule has 1 aromatic rings. The normalized spacial score (nSPS) is 9.50. The molecule has 0 saturated carbocycles. The minimum absolute atomic E-state index is 0.0449. The molecule has 0 fully saturated rings. The molecule has 0 heterocycles. The fourth-order valence-electron chi connectivity index (χ4n) is 1.11. The van der Waals surface area contributed by atoms with E-state index in [1.807, 2.05) is 0 Å². The summed E-state index contributed by atoms with van der Waals surface area (Å²) in [5.74, 6) is 0.367. The van der Waals surface area contributed by atoms with Crippen LogP contribution in [0.3, 0.4) is 0 Å². The van der Waals surface area contributed by atoms with Gasteiger partial charge in [0, 0.05) is 18.1 Å². The van der Waals surface area contributed by atoms with Crippen LogP contribution >= 0.6 is 0 Å². The van der Waals surface area contributed by atoms with Crippen LogP contribution in [0.1, 0.15) is 5.56 Å². The summed E-state index contributed by atoms with van der Waals surface area (Å²) in [6, 6.07) is 4.17. The predicted molar refractivity (Wildman–Crippen MR) is 49.4 cm³/mol. The van der Waals surface area contributed by atoms with Crippen molar-refractivity contribution >= 4 is 12.0 Å². The lowest BCUT2D eigenvalue weighted by atomic mass is 10.1. The Kier molecular flexibility index (Phi) is 3.17. The van der Waals surface area contributed by atoms with Gasteiger partial charge in [-0.15, -0.1) is 0 Å². The van der Waals surface area contributed by atoms with Gasteiger partial charge in [0.2, 0.25) is 0 Å². The van der Waals surface area contributed by atoms with Gasteiger partial charge in [0.15, 0.2) is 0 Å². The quantitative estimate of drug-likeness (QED) is 0.413. The lowest BCUT2D eigenvalue weighted by molar-refractivity contribution is -0.384. The monoisotopic (exact) mass is 195 g/mol. The average molecular weight is 195 g/mol. The Bertz CT molecular complexity index is 362. The molecule has 0 N–H and O–H groups in total. The second-order valence-corrected chi connectivity index (χ2v) is 2.62. The van der Waals surface area contributed by atoms with Gasteiger partial charge in [-0.05, 0) is 6.07 Å². The fourth-order valence-corrected chi connectivity index (χ4v) is 1.11. The molecule has 0 aliphatic heterocycles. The molecule has 5 nitrogen and oxygen atoms in total. The van der Waals surface area contributed by atoms with Gasteiger partial charge in [-0.25, -0.2) is 0 Å². The number of carbonyl (C=O) groups excluding carboxylic acids is 1. The highest BCUT2D eigenvalue weighted by molar-refractivity contribution is 5.59. The molecule has 0 unspecified atom stereocenters. The molecule has 74 valence electrons. The third-order valence-corrected chi connectivity index (χ3v) is 1.78. The van der Waals surface area contributed by atoms with E-state index >= 15 is 0 Å². The number of benzene rings is 1. The number of rotatable bonds is 4. The summed E-state index contributed by atoms with van der Waals surface area (Å²) in [7, 11) is 1.41. The van der Waals surface area contributed by atoms with E-state index in [4.69, 9.17) is 4.74 Å². The summed E-state index contributed by atoms with van der Waals surface area (Å²) in [6.07, 6.45) is 0.921. The number of nitro groups is 1. The smallest absolute Gasteiger partial charge is 0.273 e. The zero-order chi connectivity index (χ0) is 10.6. The van der Waals surface area contributed by atoms with E-state index in [0.717, 1.165) is 6.29 Å². The highest BCUT2D eigenvalue weighted by Gasteiger charge is 2.10. The molecule has 0 bridgehead atoms. The highest BCUT2D eigenvalue weighted by Crippen LogP contribution is 2.24. The molecule has 0 radical (unpaired) electrons. The maximum absolute atomic E-state index is 10.4. The minimum Gasteiger partial charge on any atom is -0.496 e. The molecule has 0 aromatic heterocycles. The summed E-state index contributed by atoms with van der Waals surface area (Å²) < 4.78 is 4.93. The third-order valence-electron chi connectivity index (χ3n) is 1.78. The van der Waals surface area contributed by atoms with Crippen LogP contribution in [0, 0.1) is 10.1 Å². The van der Waals surface area contributed by atoms with Crippen molar-refractivity contribution in [2.75, 3.05) is 7.11 Å². The molecule has 1 aromatic carbocycles. The first-order valence-electron chi connectivity index (χ1n) is 3.94. The Hall–Kier alpha value is -1.91. The van der Waals surface area contributed by atoms with Gasteiger partial charge in [-0.1, -0.05) is 0 Å². The SMILES string of the molecule is COc1cc([N+](=O)[O-])ccc1CC=O. The number of carbonyl (C=O) groups is 1. The Morgan fingerprint density at radius 2 is 2.29 bits per heavy atom. The molecule has 0 aliphatic rings. The van der Waals surface area contributed by atoms with Crippen molar-refractivity contribution in [1.82, 2.24) is 0 Å². The second-order valence-electron chi connectivity index (χ2n) is 2.62. The third kappa shape index (κ3) is 2.07. The summed E-state index contributed by atoms with van der Waals surface area (Å²) >= 11 is 0. The van der Waals surface area contributed by atoms with Crippen molar-refractivity contribution in [3.63, 3.8) is 0 Å². The molecule has 0 amide bonds. The van der Waals surface area contributed by atoms with E-state index in [1.165, 1.54) is 25.3 Å². The highest BCUT2D eigenvalue weighted by atomic mass is 16.6. The van der Waals surface area contributed by atoms with Gasteiger partial charge in [0.1, 0.15) is 12.0 Å². The van der Waals surface area contributed by atoms with Crippen LogP contribution in [0.15, 0.2) is 18.2 Å². The first kappa shape index (κ1) is 10.2. The van der Waals surface area contributed by atoms with E-state index in [-0.39, 0.29) is 12.1 Å². The maximum atomic E-state index is 10.4. The van der Waals surface area contributed by atoms with Gasteiger partial charge in [-0.2, -0.15) is 0 Å². The molecule has 14 heavy (non-hydrogen) atoms. The number of hydrogen-bond acceptors (Lipinski definition) is 4. The Labute approximate surface area is 80.5 Å². The van der Waals surface area contributed by atoms with Crippen LogP contribution in [-0.4, -0.2) is 18.3 Å². The topological polar surface area (TPSA) is 69.4 Å². The van der Waals surface area contributed by atoms with E-state index in [0.29, 0.717) is 11.3 Å². The lowest BCUT2D eigenvalue weighted by Crippen LogP contribution is -1.95. The van der Waals surface area contributed by atoms with Gasteiger partial charge < -0.3 is 9.53 Å². The zero-order valence-electron chi connectivity index (χ0n) is 7.60. The number of nitro benzene ring substituents is 1. The van der Waals surface area contributed by atoms with Gasteiger partial charge in [0.25, 0.3) is 5.69 Å². The van der Waals surface area contributed by atoms with E-state index in [2.05, 4.69) is 0 Å². The van der Waals surface area contributed by atoms with Crippen molar-refractivity contribution in [2.45, 2.75) is 6.42 Å². The largest absolute Gasteiger partial charge is 0.496 e. The lowest BCUT2D eigenvalue weighted by Gasteiger charge is -2.04. The van der Waals surface area contributed by atoms with Crippen molar-refractivity contribution in [3.05, 3.63) is 33.9 Å². The van der Waals surface area contributed by atoms with Crippen LogP contribution in [0.4, 0.5) is 5.69 Å². The molecule has 0 aliphatic carbocycles. The van der Waals surface area contributed by atoms with Crippen LogP contribution < -0.4 is 4.74 Å². The standard InChI is InChI=1S/C9H9NO4/c1-14-9-6-8(10(12)13)3-2-7(9)4-5-11/h2-3,5-6H,4H2,1H3. The first-order valence-corrected chi connectivity index (χ1v) is 3.94. The van der Waals surface area contributed by atoms with E-state index in [1.54, 1.807) is 0 Å². The number of hydrogen-bond donors (Lipinski definition) is 0. The van der Waals surface area contributed by atoms with E-state index < -0.39 is 4.92 Å². The fraction of sp³-hybridized carbons (Fsp3) is 0.222. The van der Waals surface area contributed by atoms with Crippen molar-refractivity contribution in [3.8, 4) is 5.75 Å². The minimum atomic E-state index is -0.507.